The van der Waals surface area contributed by atoms with Crippen LogP contribution in [0.2, 0.25) is 0 Å². The molecular formula is C27H29F2N3O2. The number of amides is 1. The highest BCUT2D eigenvalue weighted by atomic mass is 19.1. The lowest BCUT2D eigenvalue weighted by Crippen LogP contribution is -2.53. The third kappa shape index (κ3) is 3.70. The van der Waals surface area contributed by atoms with Gasteiger partial charge in [-0.1, -0.05) is 6.42 Å². The third-order valence-corrected chi connectivity index (χ3v) is 8.23. The molecule has 2 heterocycles. The molecule has 6 rings (SSSR count). The smallest absolute Gasteiger partial charge is 0.249 e. The van der Waals surface area contributed by atoms with Gasteiger partial charge in [0, 0.05) is 41.4 Å². The van der Waals surface area contributed by atoms with Crippen LogP contribution in [-0.2, 0) is 6.42 Å². The van der Waals surface area contributed by atoms with E-state index in [1.165, 1.54) is 30.3 Å². The molecule has 2 aromatic rings. The number of benzene rings is 2. The van der Waals surface area contributed by atoms with Gasteiger partial charge in [0.05, 0.1) is 5.69 Å². The SMILES string of the molecule is NC(=O)c1ccc(F)c2c1C[C@H](N(C[C@H]1CCC3=Nc4ccc(F)cc4C3C1)C1CCC1)CO2. The van der Waals surface area contributed by atoms with Crippen molar-refractivity contribution >= 4 is 17.3 Å². The van der Waals surface area contributed by atoms with Crippen LogP contribution in [0.5, 0.6) is 5.75 Å². The van der Waals surface area contributed by atoms with E-state index in [0.29, 0.717) is 36.1 Å². The van der Waals surface area contributed by atoms with E-state index in [9.17, 15) is 13.6 Å². The first-order valence-electron chi connectivity index (χ1n) is 12.3. The summed E-state index contributed by atoms with van der Waals surface area (Å²) in [5.74, 6) is -0.371. The fraction of sp³-hybridized carbons (Fsp3) is 0.481. The van der Waals surface area contributed by atoms with Crippen LogP contribution in [-0.4, -0.2) is 41.8 Å². The van der Waals surface area contributed by atoms with Crippen LogP contribution in [0.15, 0.2) is 35.3 Å². The molecule has 2 aromatic carbocycles. The summed E-state index contributed by atoms with van der Waals surface area (Å²) in [5.41, 5.74) is 9.64. The van der Waals surface area contributed by atoms with E-state index in [1.54, 1.807) is 12.1 Å². The lowest BCUT2D eigenvalue weighted by molar-refractivity contribution is 0.0270. The van der Waals surface area contributed by atoms with Gasteiger partial charge in [0.1, 0.15) is 12.4 Å². The van der Waals surface area contributed by atoms with E-state index in [2.05, 4.69) is 4.90 Å². The number of hydrogen-bond donors (Lipinski definition) is 1. The van der Waals surface area contributed by atoms with Gasteiger partial charge in [-0.25, -0.2) is 8.78 Å². The van der Waals surface area contributed by atoms with Crippen molar-refractivity contribution in [3.8, 4) is 5.75 Å². The van der Waals surface area contributed by atoms with Crippen molar-refractivity contribution in [3.63, 3.8) is 0 Å². The van der Waals surface area contributed by atoms with Crippen molar-refractivity contribution in [2.45, 2.75) is 62.9 Å². The van der Waals surface area contributed by atoms with Gasteiger partial charge in [-0.05, 0) is 80.3 Å². The Morgan fingerprint density at radius 1 is 1.15 bits per heavy atom. The average Bonchev–Trinajstić information content (AvgIpc) is 3.14. The summed E-state index contributed by atoms with van der Waals surface area (Å²) in [6, 6.07) is 8.19. The number of nitrogens with zero attached hydrogens (tertiary/aromatic N) is 2. The summed E-state index contributed by atoms with van der Waals surface area (Å²) in [6.45, 7) is 1.32. The number of hydrogen-bond acceptors (Lipinski definition) is 4. The summed E-state index contributed by atoms with van der Waals surface area (Å²) in [4.78, 5) is 19.3. The average molecular weight is 466 g/mol. The minimum Gasteiger partial charge on any atom is -0.489 e. The minimum absolute atomic E-state index is 0.0704. The molecule has 0 spiro atoms. The second kappa shape index (κ2) is 8.45. The number of carbonyl (C=O) groups is 1. The van der Waals surface area contributed by atoms with Crippen LogP contribution < -0.4 is 10.5 Å². The van der Waals surface area contributed by atoms with Gasteiger partial charge in [-0.2, -0.15) is 0 Å². The summed E-state index contributed by atoms with van der Waals surface area (Å²) in [6.07, 6.45) is 7.01. The predicted octanol–water partition coefficient (Wildman–Crippen LogP) is 4.89. The Hall–Kier alpha value is -2.80. The Kier molecular flexibility index (Phi) is 5.40. The molecule has 2 aliphatic heterocycles. The quantitative estimate of drug-likeness (QED) is 0.684. The monoisotopic (exact) mass is 465 g/mol. The largest absolute Gasteiger partial charge is 0.489 e. The Morgan fingerprint density at radius 3 is 2.76 bits per heavy atom. The van der Waals surface area contributed by atoms with Crippen LogP contribution in [0.25, 0.3) is 0 Å². The highest BCUT2D eigenvalue weighted by Crippen LogP contribution is 2.45. The molecule has 7 heteroatoms. The topological polar surface area (TPSA) is 67.9 Å². The highest BCUT2D eigenvalue weighted by molar-refractivity contribution is 5.98. The number of nitrogens with two attached hydrogens (primary N) is 1. The molecular weight excluding hydrogens is 436 g/mol. The number of carbonyl (C=O) groups excluding carboxylic acids is 1. The lowest BCUT2D eigenvalue weighted by atomic mass is 9.76. The van der Waals surface area contributed by atoms with Crippen molar-refractivity contribution < 1.29 is 18.3 Å². The van der Waals surface area contributed by atoms with Crippen LogP contribution in [0, 0.1) is 17.6 Å². The van der Waals surface area contributed by atoms with Crippen molar-refractivity contribution in [2.24, 2.45) is 16.6 Å². The normalized spacial score (nSPS) is 25.6. The fourth-order valence-electron chi connectivity index (χ4n) is 6.27. The minimum atomic E-state index is -0.554. The van der Waals surface area contributed by atoms with Gasteiger partial charge >= 0.3 is 0 Å². The standard InChI is InChI=1S/C27H29F2N3O2/c28-16-5-9-25-21(11-16)20-10-15(4-8-24(20)31-25)13-32(17-2-1-3-17)18-12-22-19(27(30)33)6-7-23(29)26(22)34-14-18/h5-7,9,11,15,17-18,20H,1-4,8,10,12-14H2,(H2,30,33)/t15-,18-,20?/m0/s1. The lowest BCUT2D eigenvalue weighted by Gasteiger charge is -2.46. The van der Waals surface area contributed by atoms with E-state index in [1.807, 2.05) is 0 Å². The van der Waals surface area contributed by atoms with E-state index >= 15 is 0 Å². The molecule has 2 fully saturated rings. The molecule has 2 N–H and O–H groups in total. The summed E-state index contributed by atoms with van der Waals surface area (Å²) >= 11 is 0. The molecule has 2 saturated carbocycles. The summed E-state index contributed by atoms with van der Waals surface area (Å²) < 4.78 is 34.2. The molecule has 5 nitrogen and oxygen atoms in total. The van der Waals surface area contributed by atoms with Crippen molar-refractivity contribution in [3.05, 3.63) is 58.7 Å². The zero-order chi connectivity index (χ0) is 23.4. The van der Waals surface area contributed by atoms with Gasteiger partial charge in [0.15, 0.2) is 11.6 Å². The third-order valence-electron chi connectivity index (χ3n) is 8.23. The maximum absolute atomic E-state index is 14.4. The molecule has 1 amide bonds. The Bertz CT molecular complexity index is 1180. The maximum atomic E-state index is 14.4. The zero-order valence-electron chi connectivity index (χ0n) is 19.1. The van der Waals surface area contributed by atoms with Gasteiger partial charge in [-0.3, -0.25) is 14.7 Å². The molecule has 2 aliphatic carbocycles. The molecule has 1 unspecified atom stereocenters. The first kappa shape index (κ1) is 21.7. The zero-order valence-corrected chi connectivity index (χ0v) is 19.1. The number of halogens is 2. The number of ether oxygens (including phenoxy) is 1. The molecule has 178 valence electrons. The Balaban J connectivity index is 1.23. The summed E-state index contributed by atoms with van der Waals surface area (Å²) in [5, 5.41) is 0. The predicted molar refractivity (Wildman–Crippen MR) is 126 cm³/mol. The van der Waals surface area contributed by atoms with Gasteiger partial charge in [0.2, 0.25) is 5.91 Å². The van der Waals surface area contributed by atoms with E-state index in [4.69, 9.17) is 15.5 Å². The molecule has 3 atom stereocenters. The molecule has 34 heavy (non-hydrogen) atoms. The Labute approximate surface area is 198 Å². The van der Waals surface area contributed by atoms with Crippen molar-refractivity contribution in [2.75, 3.05) is 13.2 Å². The van der Waals surface area contributed by atoms with Crippen LogP contribution in [0.3, 0.4) is 0 Å². The number of rotatable bonds is 5. The molecule has 0 bridgehead atoms. The van der Waals surface area contributed by atoms with Crippen LogP contribution in [0.4, 0.5) is 14.5 Å². The Morgan fingerprint density at radius 2 is 2.00 bits per heavy atom. The van der Waals surface area contributed by atoms with Crippen LogP contribution in [0.1, 0.15) is 65.9 Å². The number of primary amides is 1. The van der Waals surface area contributed by atoms with Gasteiger partial charge < -0.3 is 10.5 Å². The molecule has 0 saturated heterocycles. The van der Waals surface area contributed by atoms with Crippen molar-refractivity contribution in [1.29, 1.82) is 0 Å². The van der Waals surface area contributed by atoms with E-state index < -0.39 is 11.7 Å². The highest BCUT2D eigenvalue weighted by Gasteiger charge is 2.39. The molecule has 0 aromatic heterocycles. The molecule has 4 aliphatic rings. The van der Waals surface area contributed by atoms with E-state index in [0.717, 1.165) is 49.9 Å². The first-order valence-corrected chi connectivity index (χ1v) is 12.3. The number of aliphatic imine (C=N–C) groups is 1. The maximum Gasteiger partial charge on any atom is 0.249 e. The second-order valence-electron chi connectivity index (χ2n) is 10.2. The van der Waals surface area contributed by atoms with Gasteiger partial charge in [0.25, 0.3) is 0 Å². The van der Waals surface area contributed by atoms with Crippen molar-refractivity contribution in [1.82, 2.24) is 4.90 Å². The summed E-state index contributed by atoms with van der Waals surface area (Å²) in [7, 11) is 0. The van der Waals surface area contributed by atoms with Gasteiger partial charge in [-0.15, -0.1) is 0 Å². The first-order chi connectivity index (χ1) is 16.5. The van der Waals surface area contributed by atoms with Crippen LogP contribution >= 0.6 is 0 Å². The second-order valence-corrected chi connectivity index (χ2v) is 10.2. The number of fused-ring (bicyclic) bond motifs is 4. The fourth-order valence-corrected chi connectivity index (χ4v) is 6.27. The molecule has 0 radical (unpaired) electrons. The van der Waals surface area contributed by atoms with E-state index in [-0.39, 0.29) is 23.5 Å².